The lowest BCUT2D eigenvalue weighted by atomic mass is 9.97. The van der Waals surface area contributed by atoms with E-state index in [0.717, 1.165) is 104 Å². The molecule has 0 saturated carbocycles. The van der Waals surface area contributed by atoms with Crippen molar-refractivity contribution in [1.29, 1.82) is 0 Å². The average molecular weight is 895 g/mol. The third-order valence-corrected chi connectivity index (χ3v) is 14.4. The van der Waals surface area contributed by atoms with Gasteiger partial charge in [-0.25, -0.2) is 9.69 Å². The second-order valence-electron chi connectivity index (χ2n) is 19.4. The quantitative estimate of drug-likeness (QED) is 0.105. The predicted molar refractivity (Wildman–Crippen MR) is 256 cm³/mol. The van der Waals surface area contributed by atoms with Gasteiger partial charge in [0.25, 0.3) is 11.8 Å². The number of amides is 3. The van der Waals surface area contributed by atoms with Gasteiger partial charge in [-0.2, -0.15) is 0 Å². The molecule has 0 spiro atoms. The van der Waals surface area contributed by atoms with E-state index in [2.05, 4.69) is 25.1 Å². The summed E-state index contributed by atoms with van der Waals surface area (Å²) in [7, 11) is 0. The van der Waals surface area contributed by atoms with Gasteiger partial charge < -0.3 is 48.7 Å². The fourth-order valence-electron chi connectivity index (χ4n) is 11.8. The summed E-state index contributed by atoms with van der Waals surface area (Å²) in [6.45, 7) is 6.93. The van der Waals surface area contributed by atoms with Gasteiger partial charge in [0.15, 0.2) is 0 Å². The molecule has 14 heteroatoms. The van der Waals surface area contributed by atoms with Crippen LogP contribution in [0, 0.1) is 0 Å². The van der Waals surface area contributed by atoms with E-state index in [4.69, 9.17) is 4.74 Å². The van der Waals surface area contributed by atoms with E-state index in [1.54, 1.807) is 20.8 Å². The summed E-state index contributed by atoms with van der Waals surface area (Å²) in [6.07, 6.45) is -4.43. The van der Waals surface area contributed by atoms with E-state index < -0.39 is 36.1 Å². The Balaban J connectivity index is 0.000000136. The molecule has 4 atom stereocenters. The van der Waals surface area contributed by atoms with Gasteiger partial charge in [-0.05, 0) is 56.2 Å². The van der Waals surface area contributed by atoms with Crippen LogP contribution in [-0.4, -0.2) is 91.5 Å². The number of carbonyl (C=O) groups excluding carboxylic acids is 3. The number of nitrogens with one attached hydrogen (secondary N) is 1. The number of aromatic nitrogens is 4. The summed E-state index contributed by atoms with van der Waals surface area (Å²) < 4.78 is 13.9. The summed E-state index contributed by atoms with van der Waals surface area (Å²) in [5.41, 5.74) is 9.77. The molecule has 0 bridgehead atoms. The largest absolute Gasteiger partial charge is 0.443 e. The first-order chi connectivity index (χ1) is 32.3. The average Bonchev–Trinajstić information content (AvgIpc) is 4.14. The number of imide groups is 1. The van der Waals surface area contributed by atoms with Crippen molar-refractivity contribution in [3.63, 3.8) is 0 Å². The van der Waals surface area contributed by atoms with Crippen molar-refractivity contribution in [3.8, 4) is 0 Å². The molecule has 0 aliphatic carbocycles. The maximum absolute atomic E-state index is 14.0. The Morgan fingerprint density at radius 2 is 0.896 bits per heavy atom. The topological polar surface area (TPSA) is 176 Å². The van der Waals surface area contributed by atoms with Crippen molar-refractivity contribution in [1.82, 2.24) is 28.5 Å². The zero-order valence-corrected chi connectivity index (χ0v) is 36.9. The fourth-order valence-corrected chi connectivity index (χ4v) is 11.8. The number of fused-ring (bicyclic) bond motifs is 18. The number of hydrogen-bond donors (Lipinski definition) is 5. The van der Waals surface area contributed by atoms with Crippen LogP contribution in [0.5, 0.6) is 0 Å². The maximum atomic E-state index is 14.0. The van der Waals surface area contributed by atoms with Crippen LogP contribution in [0.3, 0.4) is 0 Å². The number of aliphatic hydroxyl groups is 4. The van der Waals surface area contributed by atoms with Crippen LogP contribution in [0.1, 0.15) is 52.6 Å². The zero-order chi connectivity index (χ0) is 45.9. The van der Waals surface area contributed by atoms with Crippen molar-refractivity contribution >= 4 is 105 Å². The van der Waals surface area contributed by atoms with Gasteiger partial charge in [0.05, 0.1) is 90.3 Å². The number of nitrogens with zero attached hydrogens (tertiary/aromatic N) is 5. The summed E-state index contributed by atoms with van der Waals surface area (Å²) in [5, 5.41) is 54.1. The van der Waals surface area contributed by atoms with Gasteiger partial charge in [0.2, 0.25) is 0 Å². The first-order valence-electron chi connectivity index (χ1n) is 22.8. The first kappa shape index (κ1) is 40.1. The maximum Gasteiger partial charge on any atom is 0.417 e. The molecule has 4 aliphatic heterocycles. The van der Waals surface area contributed by atoms with Crippen molar-refractivity contribution in [2.45, 2.75) is 90.1 Å². The molecule has 6 aromatic carbocycles. The Bertz CT molecular complexity index is 3870. The zero-order valence-electron chi connectivity index (χ0n) is 36.9. The number of hydrogen-bond acceptors (Lipinski definition) is 8. The number of para-hydroxylation sites is 4. The Morgan fingerprint density at radius 1 is 0.537 bits per heavy atom. The van der Waals surface area contributed by atoms with Gasteiger partial charge >= 0.3 is 6.09 Å². The van der Waals surface area contributed by atoms with Crippen molar-refractivity contribution < 1.29 is 39.5 Å². The number of benzene rings is 6. The Morgan fingerprint density at radius 3 is 1.31 bits per heavy atom. The summed E-state index contributed by atoms with van der Waals surface area (Å²) in [4.78, 5) is 41.3. The van der Waals surface area contributed by atoms with E-state index in [1.165, 1.54) is 4.90 Å². The lowest BCUT2D eigenvalue weighted by Crippen LogP contribution is -2.36. The highest BCUT2D eigenvalue weighted by Gasteiger charge is 2.42. The van der Waals surface area contributed by atoms with Crippen LogP contribution in [0.2, 0.25) is 0 Å². The van der Waals surface area contributed by atoms with Gasteiger partial charge in [0, 0.05) is 71.7 Å². The molecular weight excluding hydrogens is 849 g/mol. The fraction of sp³-hybridized carbons (Fsp3) is 0.264. The van der Waals surface area contributed by atoms with Gasteiger partial charge in [0.1, 0.15) is 5.60 Å². The third-order valence-electron chi connectivity index (χ3n) is 14.4. The van der Waals surface area contributed by atoms with E-state index in [0.29, 0.717) is 18.7 Å². The Labute approximate surface area is 381 Å². The lowest BCUT2D eigenvalue weighted by Gasteiger charge is -2.24. The third kappa shape index (κ3) is 5.43. The lowest BCUT2D eigenvalue weighted by molar-refractivity contribution is 0.00168. The number of carbonyl (C=O) groups is 3. The molecule has 0 radical (unpaired) electrons. The van der Waals surface area contributed by atoms with Crippen LogP contribution in [0.25, 0.3) is 87.2 Å². The molecule has 14 nitrogen and oxygen atoms in total. The van der Waals surface area contributed by atoms with E-state index in [9.17, 15) is 34.8 Å². The van der Waals surface area contributed by atoms with Crippen LogP contribution in [0.4, 0.5) is 4.79 Å². The number of aliphatic hydroxyl groups excluding tert-OH is 4. The molecule has 4 aliphatic rings. The molecule has 67 heavy (non-hydrogen) atoms. The molecule has 0 fully saturated rings. The Kier molecular flexibility index (Phi) is 8.32. The van der Waals surface area contributed by atoms with Gasteiger partial charge in [-0.1, -0.05) is 72.8 Å². The first-order valence-corrected chi connectivity index (χ1v) is 22.8. The van der Waals surface area contributed by atoms with Crippen LogP contribution < -0.4 is 5.32 Å². The van der Waals surface area contributed by atoms with Crippen LogP contribution in [0.15, 0.2) is 97.1 Å². The smallest absolute Gasteiger partial charge is 0.417 e. The van der Waals surface area contributed by atoms with E-state index >= 15 is 0 Å². The van der Waals surface area contributed by atoms with E-state index in [1.807, 2.05) is 95.6 Å². The molecule has 5 N–H and O–H groups in total. The summed E-state index contributed by atoms with van der Waals surface area (Å²) in [6, 6.07) is 31.8. The Hall–Kier alpha value is -7.23. The van der Waals surface area contributed by atoms with Crippen LogP contribution >= 0.6 is 0 Å². The summed E-state index contributed by atoms with van der Waals surface area (Å²) in [5.74, 6) is -0.428. The molecule has 3 amide bonds. The highest BCUT2D eigenvalue weighted by atomic mass is 16.6. The second kappa shape index (κ2) is 13.9. The normalized spacial score (nSPS) is 20.3. The van der Waals surface area contributed by atoms with Gasteiger partial charge in [-0.15, -0.1) is 0 Å². The molecular formula is C53H46N6O8. The van der Waals surface area contributed by atoms with E-state index in [-0.39, 0.29) is 38.0 Å². The molecule has 0 saturated heterocycles. The minimum absolute atomic E-state index is 0.0470. The van der Waals surface area contributed by atoms with Crippen molar-refractivity contribution in [3.05, 3.63) is 119 Å². The van der Waals surface area contributed by atoms with Gasteiger partial charge in [-0.3, -0.25) is 9.59 Å². The standard InChI is InChI=1S/C29H27N3O5.C24H19N3O3/c1-29(2,3)37-28(36)32-12-17-22-15-8-4-6-10-18(15)30-13-20(33)21(34)14-31-19-11-7-5-9-16(19)23(24(17)27(32)35)26(31)25(22)30;28-17-10-26-15-7-3-1-5-12(15)19-14-9-25-24(30)21(14)20-13-6-2-4-8-16(13)27(11-18(17)29)23(20)22(19)26/h4-11,20-21,33-34H,12-14H2,1-3H3;1-8,17-18,28-29H,9-11H2,(H,25,30). The van der Waals surface area contributed by atoms with Crippen molar-refractivity contribution in [2.75, 3.05) is 0 Å². The molecule has 4 unspecified atom stereocenters. The predicted octanol–water partition coefficient (Wildman–Crippen LogP) is 7.41. The number of ether oxygens (including phenoxy) is 1. The minimum Gasteiger partial charge on any atom is -0.443 e. The monoisotopic (exact) mass is 894 g/mol. The second-order valence-corrected chi connectivity index (χ2v) is 19.4. The van der Waals surface area contributed by atoms with Crippen LogP contribution in [-0.2, 0) is 44.0 Å². The molecule has 10 aromatic rings. The minimum atomic E-state index is -0.995. The number of rotatable bonds is 0. The molecule has 14 rings (SSSR count). The molecule has 336 valence electrons. The molecule has 4 aromatic heterocycles. The molecule has 8 heterocycles. The SMILES string of the molecule is CC(C)(C)OC(=O)N1Cc2c(c3c4ccccc4n4c3c3c2c2ccccc2n3CC(O)C(O)C4)C1=O.O=C1NCc2c1c1c3ccccc3n3c1c1c2c2ccccc2n1CC(O)C(O)C3. The highest BCUT2D eigenvalue weighted by molar-refractivity contribution is 6.33. The van der Waals surface area contributed by atoms with Crippen molar-refractivity contribution in [2.24, 2.45) is 0 Å². The summed E-state index contributed by atoms with van der Waals surface area (Å²) >= 11 is 0. The highest BCUT2D eigenvalue weighted by Crippen LogP contribution is 2.48.